The number of H-pyrrole nitrogens is 1. The lowest BCUT2D eigenvalue weighted by Crippen LogP contribution is -2.38. The summed E-state index contributed by atoms with van der Waals surface area (Å²) in [6, 6.07) is 6.74. The number of sulfone groups is 1. The van der Waals surface area contributed by atoms with Gasteiger partial charge in [0.1, 0.15) is 15.6 Å². The Balaban J connectivity index is 1.44. The third-order valence-electron chi connectivity index (χ3n) is 6.10. The first kappa shape index (κ1) is 17.9. The summed E-state index contributed by atoms with van der Waals surface area (Å²) < 4.78 is 28.7. The number of hydrogen-bond donors (Lipinski definition) is 1. The molecule has 0 spiro atoms. The van der Waals surface area contributed by atoms with E-state index in [2.05, 4.69) is 28.2 Å². The summed E-state index contributed by atoms with van der Waals surface area (Å²) in [5, 5.41) is 1.25. The normalized spacial score (nSPS) is 24.3. The molecule has 1 N–H and O–H groups in total. The van der Waals surface area contributed by atoms with Gasteiger partial charge in [-0.05, 0) is 68.3 Å². The van der Waals surface area contributed by atoms with Crippen LogP contribution in [-0.4, -0.2) is 56.0 Å². The van der Waals surface area contributed by atoms with Crippen LogP contribution in [0.1, 0.15) is 31.2 Å². The average molecular weight is 377 g/mol. The molecule has 6 heteroatoms. The average Bonchev–Trinajstić information content (AvgIpc) is 3.24. The highest BCUT2D eigenvalue weighted by Gasteiger charge is 2.30. The molecule has 2 aliphatic rings. The van der Waals surface area contributed by atoms with Crippen molar-refractivity contribution in [3.63, 3.8) is 0 Å². The molecule has 1 aromatic heterocycles. The van der Waals surface area contributed by atoms with E-state index >= 15 is 0 Å². The summed E-state index contributed by atoms with van der Waals surface area (Å²) in [6.45, 7) is 2.19. The first-order valence-electron chi connectivity index (χ1n) is 9.62. The molecule has 0 aliphatic carbocycles. The Hall–Kier alpha value is -1.53. The van der Waals surface area contributed by atoms with Crippen molar-refractivity contribution in [3.05, 3.63) is 30.0 Å². The van der Waals surface area contributed by atoms with Gasteiger partial charge in [0.25, 0.3) is 0 Å². The minimum atomic E-state index is -2.77. The number of aromatic nitrogens is 1. The molecule has 4 rings (SSSR count). The number of likely N-dealkylation sites (tertiary alicyclic amines) is 1. The highest BCUT2D eigenvalue weighted by atomic mass is 32.2. The molecule has 0 saturated carbocycles. The van der Waals surface area contributed by atoms with Gasteiger partial charge in [-0.1, -0.05) is 0 Å². The van der Waals surface area contributed by atoms with Crippen LogP contribution in [0.5, 0.6) is 5.75 Å². The lowest BCUT2D eigenvalue weighted by molar-refractivity contribution is 0.205. The number of methoxy groups -OCH3 is 1. The van der Waals surface area contributed by atoms with Crippen molar-refractivity contribution < 1.29 is 13.2 Å². The van der Waals surface area contributed by atoms with Crippen molar-refractivity contribution in [1.29, 1.82) is 0 Å². The molecule has 0 unspecified atom stereocenters. The number of benzene rings is 1. The molecule has 0 amide bonds. The second-order valence-corrected chi connectivity index (χ2v) is 10.1. The minimum Gasteiger partial charge on any atom is -0.497 e. The number of ether oxygens (including phenoxy) is 1. The molecule has 0 bridgehead atoms. The Morgan fingerprint density at radius 3 is 2.81 bits per heavy atom. The van der Waals surface area contributed by atoms with E-state index in [0.717, 1.165) is 43.6 Å². The van der Waals surface area contributed by atoms with Gasteiger partial charge in [0.05, 0.1) is 18.6 Å². The Morgan fingerprint density at radius 1 is 1.23 bits per heavy atom. The zero-order valence-electron chi connectivity index (χ0n) is 15.4. The summed E-state index contributed by atoms with van der Waals surface area (Å²) >= 11 is 0. The van der Waals surface area contributed by atoms with Gasteiger partial charge in [-0.15, -0.1) is 0 Å². The number of rotatable bonds is 5. The monoisotopic (exact) mass is 376 g/mol. The van der Waals surface area contributed by atoms with Gasteiger partial charge in [-0.3, -0.25) is 4.90 Å². The van der Waals surface area contributed by atoms with Gasteiger partial charge in [0.15, 0.2) is 0 Å². The topological polar surface area (TPSA) is 62.4 Å². The predicted octanol–water partition coefficient (Wildman–Crippen LogP) is 3.01. The van der Waals surface area contributed by atoms with Crippen LogP contribution in [0.25, 0.3) is 10.9 Å². The SMILES string of the molecule is COc1ccc2[nH]cc(C[C@H]3CCCN3CC3CCS(=O)(=O)CC3)c2c1. The molecular formula is C20H28N2O3S. The maximum absolute atomic E-state index is 11.7. The molecule has 1 atom stereocenters. The largest absolute Gasteiger partial charge is 0.497 e. The number of hydrogen-bond acceptors (Lipinski definition) is 4. The van der Waals surface area contributed by atoms with Crippen molar-refractivity contribution in [2.45, 2.75) is 38.1 Å². The van der Waals surface area contributed by atoms with E-state index in [0.29, 0.717) is 23.5 Å². The van der Waals surface area contributed by atoms with Crippen molar-refractivity contribution in [2.24, 2.45) is 5.92 Å². The van der Waals surface area contributed by atoms with E-state index in [-0.39, 0.29) is 0 Å². The highest BCUT2D eigenvalue weighted by Crippen LogP contribution is 2.30. The minimum absolute atomic E-state index is 0.373. The van der Waals surface area contributed by atoms with Gasteiger partial charge in [-0.2, -0.15) is 0 Å². The van der Waals surface area contributed by atoms with Crippen molar-refractivity contribution in [2.75, 3.05) is 31.7 Å². The summed E-state index contributed by atoms with van der Waals surface area (Å²) in [5.74, 6) is 2.17. The van der Waals surface area contributed by atoms with Gasteiger partial charge < -0.3 is 9.72 Å². The van der Waals surface area contributed by atoms with Crippen LogP contribution in [0.4, 0.5) is 0 Å². The second kappa shape index (κ2) is 7.24. The first-order valence-corrected chi connectivity index (χ1v) is 11.4. The fourth-order valence-corrected chi connectivity index (χ4v) is 6.12. The van der Waals surface area contributed by atoms with Gasteiger partial charge in [0.2, 0.25) is 0 Å². The smallest absolute Gasteiger partial charge is 0.150 e. The van der Waals surface area contributed by atoms with Gasteiger partial charge >= 0.3 is 0 Å². The van der Waals surface area contributed by atoms with Crippen LogP contribution in [0, 0.1) is 5.92 Å². The fraction of sp³-hybridized carbons (Fsp3) is 0.600. The Labute approximate surface area is 155 Å². The van der Waals surface area contributed by atoms with Crippen molar-refractivity contribution in [3.8, 4) is 5.75 Å². The molecule has 0 radical (unpaired) electrons. The van der Waals surface area contributed by atoms with Crippen LogP contribution in [0.15, 0.2) is 24.4 Å². The van der Waals surface area contributed by atoms with Crippen LogP contribution in [0.2, 0.25) is 0 Å². The second-order valence-electron chi connectivity index (χ2n) is 7.82. The first-order chi connectivity index (χ1) is 12.5. The molecule has 2 fully saturated rings. The molecule has 1 aromatic carbocycles. The Bertz CT molecular complexity index is 860. The Kier molecular flexibility index (Phi) is 4.97. The van der Waals surface area contributed by atoms with Crippen molar-refractivity contribution in [1.82, 2.24) is 9.88 Å². The van der Waals surface area contributed by atoms with E-state index in [1.54, 1.807) is 7.11 Å². The predicted molar refractivity (Wildman–Crippen MR) is 105 cm³/mol. The van der Waals surface area contributed by atoms with Crippen molar-refractivity contribution >= 4 is 20.7 Å². The van der Waals surface area contributed by atoms with Crippen LogP contribution < -0.4 is 4.74 Å². The summed E-state index contributed by atoms with van der Waals surface area (Å²) in [6.07, 6.45) is 7.29. The molecule has 2 aliphatic heterocycles. The molecular weight excluding hydrogens is 348 g/mol. The highest BCUT2D eigenvalue weighted by molar-refractivity contribution is 7.91. The molecule has 5 nitrogen and oxygen atoms in total. The van der Waals surface area contributed by atoms with E-state index in [4.69, 9.17) is 4.74 Å². The molecule has 3 heterocycles. The summed E-state index contributed by atoms with van der Waals surface area (Å²) in [7, 11) is -1.06. The van der Waals surface area contributed by atoms with Gasteiger partial charge in [0, 0.05) is 29.7 Å². The molecule has 2 aromatic rings. The molecule has 142 valence electrons. The maximum atomic E-state index is 11.7. The molecule has 2 saturated heterocycles. The zero-order chi connectivity index (χ0) is 18.1. The van der Waals surface area contributed by atoms with Gasteiger partial charge in [-0.25, -0.2) is 8.42 Å². The fourth-order valence-electron chi connectivity index (χ4n) is 4.53. The summed E-state index contributed by atoms with van der Waals surface area (Å²) in [5.41, 5.74) is 2.50. The Morgan fingerprint density at radius 2 is 2.04 bits per heavy atom. The number of fused-ring (bicyclic) bond motifs is 1. The number of nitrogens with zero attached hydrogens (tertiary/aromatic N) is 1. The third-order valence-corrected chi connectivity index (χ3v) is 7.81. The van der Waals surface area contributed by atoms with E-state index in [1.165, 1.54) is 23.8 Å². The van der Waals surface area contributed by atoms with E-state index < -0.39 is 9.84 Å². The van der Waals surface area contributed by atoms with Crippen LogP contribution >= 0.6 is 0 Å². The number of aromatic amines is 1. The lowest BCUT2D eigenvalue weighted by Gasteiger charge is -2.31. The van der Waals surface area contributed by atoms with E-state index in [9.17, 15) is 8.42 Å². The number of nitrogens with one attached hydrogen (secondary N) is 1. The van der Waals surface area contributed by atoms with Crippen LogP contribution in [-0.2, 0) is 16.3 Å². The van der Waals surface area contributed by atoms with E-state index in [1.807, 2.05) is 6.07 Å². The quantitative estimate of drug-likeness (QED) is 0.871. The molecule has 26 heavy (non-hydrogen) atoms. The standard InChI is InChI=1S/C20H28N2O3S/c1-25-18-4-5-20-19(12-18)16(13-21-20)11-17-3-2-8-22(17)14-15-6-9-26(23,24)10-7-15/h4-5,12-13,15,17,21H,2-3,6-11,14H2,1H3/t17-/m1/s1. The van der Waals surface area contributed by atoms with Crippen LogP contribution in [0.3, 0.4) is 0 Å². The third kappa shape index (κ3) is 3.76. The maximum Gasteiger partial charge on any atom is 0.150 e. The summed E-state index contributed by atoms with van der Waals surface area (Å²) in [4.78, 5) is 5.98. The lowest BCUT2D eigenvalue weighted by atomic mass is 9.99. The zero-order valence-corrected chi connectivity index (χ0v) is 16.2.